The van der Waals surface area contributed by atoms with Crippen LogP contribution in [0.1, 0.15) is 37.4 Å². The second kappa shape index (κ2) is 12.2. The Hall–Kier alpha value is -4.10. The molecule has 8 nitrogen and oxygen atoms in total. The number of hydrogen-bond acceptors (Lipinski definition) is 7. The molecule has 0 aliphatic carbocycles. The summed E-state index contributed by atoms with van der Waals surface area (Å²) in [7, 11) is 0. The molecule has 3 rings (SSSR count). The van der Waals surface area contributed by atoms with Gasteiger partial charge in [0.15, 0.2) is 6.10 Å². The lowest BCUT2D eigenvalue weighted by Crippen LogP contribution is -2.31. The Morgan fingerprint density at radius 2 is 1.79 bits per heavy atom. The van der Waals surface area contributed by atoms with E-state index in [0.29, 0.717) is 36.5 Å². The molecule has 0 saturated heterocycles. The molecule has 3 aromatic rings. The normalized spacial score (nSPS) is 12.5. The van der Waals surface area contributed by atoms with Gasteiger partial charge in [-0.25, -0.2) is 4.98 Å². The molecule has 2 heterocycles. The Morgan fingerprint density at radius 3 is 2.46 bits per heavy atom. The standard InChI is InChI=1S/C25H24F6N4O4/c1-4-37-21(36)10-9-20-32-12-11-16(6-5-14(2)33-20)22-34-23(39-35-22)17-7-8-19(18(13-17)25(29,30)31)38-15(3)24(26,27)28/h5-8,11-13,15H,4,9-10H2,1-3H3,(H,32,33). The van der Waals surface area contributed by atoms with E-state index in [1.807, 2.05) is 0 Å². The molecule has 1 unspecified atom stereocenters. The summed E-state index contributed by atoms with van der Waals surface area (Å²) >= 11 is 0. The van der Waals surface area contributed by atoms with Crippen molar-refractivity contribution in [2.24, 2.45) is 0 Å². The average Bonchev–Trinajstić information content (AvgIpc) is 3.35. The number of benzene rings is 1. The number of nitrogens with one attached hydrogen (secondary N) is 1. The van der Waals surface area contributed by atoms with Crippen molar-refractivity contribution in [1.29, 1.82) is 0 Å². The summed E-state index contributed by atoms with van der Waals surface area (Å²) in [6, 6.07) is 7.27. The van der Waals surface area contributed by atoms with Gasteiger partial charge in [0.2, 0.25) is 5.82 Å². The Bertz CT molecular complexity index is 1350. The second-order valence-corrected chi connectivity index (χ2v) is 8.23. The molecule has 0 aliphatic heterocycles. The van der Waals surface area contributed by atoms with Crippen LogP contribution >= 0.6 is 0 Å². The van der Waals surface area contributed by atoms with Crippen molar-refractivity contribution in [2.45, 2.75) is 52.1 Å². The van der Waals surface area contributed by atoms with Gasteiger partial charge in [-0.05, 0) is 57.2 Å². The van der Waals surface area contributed by atoms with Crippen molar-refractivity contribution < 1.29 is 45.1 Å². The lowest BCUT2D eigenvalue weighted by molar-refractivity contribution is -0.191. The summed E-state index contributed by atoms with van der Waals surface area (Å²) in [5.41, 5.74) is -0.530. The summed E-state index contributed by atoms with van der Waals surface area (Å²) in [5.74, 6) is -1.12. The van der Waals surface area contributed by atoms with E-state index in [4.69, 9.17) is 9.26 Å². The number of aromatic nitrogens is 4. The lowest BCUT2D eigenvalue weighted by atomic mass is 10.1. The Labute approximate surface area is 218 Å². The van der Waals surface area contributed by atoms with Crippen LogP contribution in [-0.2, 0) is 22.1 Å². The highest BCUT2D eigenvalue weighted by Gasteiger charge is 2.41. The fourth-order valence-corrected chi connectivity index (χ4v) is 3.21. The van der Waals surface area contributed by atoms with E-state index in [0.717, 1.165) is 12.1 Å². The molecule has 0 amide bonds. The van der Waals surface area contributed by atoms with E-state index in [-0.39, 0.29) is 36.3 Å². The van der Waals surface area contributed by atoms with Crippen molar-refractivity contribution in [3.05, 3.63) is 59.7 Å². The fourth-order valence-electron chi connectivity index (χ4n) is 3.21. The molecule has 1 N–H and O–H groups in total. The lowest BCUT2D eigenvalue weighted by Gasteiger charge is -2.20. The van der Waals surface area contributed by atoms with Crippen molar-refractivity contribution in [2.75, 3.05) is 6.61 Å². The molecular weight excluding hydrogens is 534 g/mol. The maximum Gasteiger partial charge on any atom is 0.425 e. The van der Waals surface area contributed by atoms with Gasteiger partial charge in [-0.15, -0.1) is 0 Å². The summed E-state index contributed by atoms with van der Waals surface area (Å²) in [5, 5.41) is 3.81. The zero-order valence-corrected chi connectivity index (χ0v) is 21.0. The highest BCUT2D eigenvalue weighted by atomic mass is 19.4. The first-order chi connectivity index (χ1) is 18.3. The summed E-state index contributed by atoms with van der Waals surface area (Å²) in [6.45, 7) is 4.33. The number of ether oxygens (including phenoxy) is 2. The number of rotatable bonds is 8. The van der Waals surface area contributed by atoms with Gasteiger partial charge in [-0.3, -0.25) is 4.79 Å². The van der Waals surface area contributed by atoms with Crippen LogP contribution in [0, 0.1) is 6.92 Å². The number of alkyl halides is 6. The SMILES string of the molecule is CCOC(=O)CCc1nccc(-c2noc(-c3ccc(OC(C)C(F)(F)F)c(C(F)(F)F)c3)n2)ccc(C)[nH]1. The van der Waals surface area contributed by atoms with Crippen molar-refractivity contribution in [3.63, 3.8) is 0 Å². The van der Waals surface area contributed by atoms with E-state index < -0.39 is 29.8 Å². The Kier molecular flexibility index (Phi) is 9.20. The van der Waals surface area contributed by atoms with Gasteiger partial charge in [-0.2, -0.15) is 31.3 Å². The van der Waals surface area contributed by atoms with Gasteiger partial charge >= 0.3 is 18.3 Å². The molecule has 0 spiro atoms. The first kappa shape index (κ1) is 29.5. The van der Waals surface area contributed by atoms with Gasteiger partial charge in [0.25, 0.3) is 5.89 Å². The number of aryl methyl sites for hydroxylation is 2. The zero-order valence-electron chi connectivity index (χ0n) is 21.0. The predicted octanol–water partition coefficient (Wildman–Crippen LogP) is 6.40. The molecule has 1 aromatic carbocycles. The molecule has 210 valence electrons. The van der Waals surface area contributed by atoms with Crippen LogP contribution in [0.5, 0.6) is 5.75 Å². The minimum Gasteiger partial charge on any atom is -0.481 e. The van der Waals surface area contributed by atoms with Crippen molar-refractivity contribution >= 4 is 5.97 Å². The number of halogens is 6. The average molecular weight is 558 g/mol. The van der Waals surface area contributed by atoms with Crippen LogP contribution in [0.25, 0.3) is 22.8 Å². The zero-order chi connectivity index (χ0) is 28.8. The van der Waals surface area contributed by atoms with Gasteiger partial charge in [0.05, 0.1) is 18.6 Å². The van der Waals surface area contributed by atoms with Crippen LogP contribution < -0.4 is 4.74 Å². The molecule has 0 fully saturated rings. The molecule has 0 bridgehead atoms. The maximum atomic E-state index is 13.6. The largest absolute Gasteiger partial charge is 0.481 e. The van der Waals surface area contributed by atoms with Crippen molar-refractivity contribution in [1.82, 2.24) is 20.1 Å². The number of nitrogens with zero attached hydrogens (tertiary/aromatic N) is 3. The third-order valence-electron chi connectivity index (χ3n) is 5.19. The minimum atomic E-state index is -5.01. The topological polar surface area (TPSA) is 103 Å². The van der Waals surface area contributed by atoms with Crippen molar-refractivity contribution in [3.8, 4) is 28.6 Å². The number of aromatic amines is 1. The van der Waals surface area contributed by atoms with Gasteiger partial charge in [-0.1, -0.05) is 5.16 Å². The first-order valence-corrected chi connectivity index (χ1v) is 11.6. The molecule has 39 heavy (non-hydrogen) atoms. The van der Waals surface area contributed by atoms with E-state index in [9.17, 15) is 31.1 Å². The van der Waals surface area contributed by atoms with Gasteiger partial charge in [0.1, 0.15) is 11.6 Å². The smallest absolute Gasteiger partial charge is 0.425 e. The minimum absolute atomic E-state index is 0.0232. The first-order valence-electron chi connectivity index (χ1n) is 11.6. The predicted molar refractivity (Wildman–Crippen MR) is 126 cm³/mol. The third-order valence-corrected chi connectivity index (χ3v) is 5.19. The highest BCUT2D eigenvalue weighted by Crippen LogP contribution is 2.40. The van der Waals surface area contributed by atoms with Gasteiger partial charge in [0, 0.05) is 29.4 Å². The van der Waals surface area contributed by atoms with E-state index in [1.165, 1.54) is 12.3 Å². The Balaban J connectivity index is 1.91. The highest BCUT2D eigenvalue weighted by molar-refractivity contribution is 5.69. The van der Waals surface area contributed by atoms with E-state index in [1.54, 1.807) is 26.0 Å². The molecule has 0 radical (unpaired) electrons. The third kappa shape index (κ3) is 8.19. The van der Waals surface area contributed by atoms with Gasteiger partial charge < -0.3 is 19.0 Å². The second-order valence-electron chi connectivity index (χ2n) is 8.23. The van der Waals surface area contributed by atoms with Crippen LogP contribution in [0.15, 0.2) is 47.1 Å². The number of carbonyl (C=O) groups excluding carboxylic acids is 1. The Morgan fingerprint density at radius 1 is 1.08 bits per heavy atom. The monoisotopic (exact) mass is 558 g/mol. The molecule has 1 atom stereocenters. The maximum absolute atomic E-state index is 13.6. The number of carbonyl (C=O) groups is 1. The molecule has 0 saturated carbocycles. The number of esters is 1. The molecule has 14 heteroatoms. The van der Waals surface area contributed by atoms with Crippen LogP contribution in [0.4, 0.5) is 26.3 Å². The molecular formula is C25H24F6N4O4. The van der Waals surface area contributed by atoms with E-state index >= 15 is 0 Å². The summed E-state index contributed by atoms with van der Waals surface area (Å²) in [6.07, 6.45) is -10.5. The summed E-state index contributed by atoms with van der Waals surface area (Å²) in [4.78, 5) is 23.1. The van der Waals surface area contributed by atoms with Crippen LogP contribution in [-0.4, -0.2) is 45.0 Å². The summed E-state index contributed by atoms with van der Waals surface area (Å²) < 4.78 is 93.9. The number of hydrogen-bond donors (Lipinski definition) is 1. The van der Waals surface area contributed by atoms with Crippen LogP contribution in [0.3, 0.4) is 0 Å². The fraction of sp³-hybridized carbons (Fsp3) is 0.360. The number of H-pyrrole nitrogens is 1. The molecule has 0 aliphatic rings. The van der Waals surface area contributed by atoms with Crippen LogP contribution in [0.2, 0.25) is 0 Å². The molecule has 2 aromatic heterocycles. The van der Waals surface area contributed by atoms with E-state index in [2.05, 4.69) is 24.8 Å². The quantitative estimate of drug-likeness (QED) is 0.252.